The van der Waals surface area contributed by atoms with Crippen molar-refractivity contribution in [3.63, 3.8) is 0 Å². The molecule has 0 bridgehead atoms. The van der Waals surface area contributed by atoms with E-state index >= 15 is 0 Å². The fourth-order valence-corrected chi connectivity index (χ4v) is 6.18. The maximum atomic E-state index is 12.4. The Labute approximate surface area is 206 Å². The van der Waals surface area contributed by atoms with Crippen LogP contribution in [0.4, 0.5) is 5.69 Å². The largest absolute Gasteiger partial charge is 0.375 e. The van der Waals surface area contributed by atoms with Gasteiger partial charge in [-0.15, -0.1) is 0 Å². The number of fused-ring (bicyclic) bond motifs is 1. The fourth-order valence-electron chi connectivity index (χ4n) is 6.18. The van der Waals surface area contributed by atoms with E-state index < -0.39 is 0 Å². The summed E-state index contributed by atoms with van der Waals surface area (Å²) in [4.78, 5) is 29.0. The average molecular weight is 481 g/mol. The molecule has 6 rings (SSSR count). The molecular formula is C26H36N6O3. The van der Waals surface area contributed by atoms with Gasteiger partial charge in [0, 0.05) is 56.8 Å². The van der Waals surface area contributed by atoms with Gasteiger partial charge < -0.3 is 15.0 Å². The van der Waals surface area contributed by atoms with Crippen LogP contribution >= 0.6 is 0 Å². The molecular weight excluding hydrogens is 444 g/mol. The van der Waals surface area contributed by atoms with Gasteiger partial charge in [-0.25, -0.2) is 0 Å². The Hall–Kier alpha value is -2.49. The Morgan fingerprint density at radius 2 is 1.77 bits per heavy atom. The molecule has 1 atom stereocenters. The zero-order chi connectivity index (χ0) is 23.9. The van der Waals surface area contributed by atoms with E-state index in [4.69, 9.17) is 4.74 Å². The van der Waals surface area contributed by atoms with Gasteiger partial charge in [-0.1, -0.05) is 0 Å². The Kier molecular flexibility index (Phi) is 6.24. The van der Waals surface area contributed by atoms with Crippen LogP contribution in [0.25, 0.3) is 10.9 Å². The number of hydrogen-bond donors (Lipinski definition) is 2. The van der Waals surface area contributed by atoms with E-state index in [2.05, 4.69) is 43.7 Å². The number of nitrogens with one attached hydrogen (secondary N) is 2. The molecule has 1 aromatic heterocycles. The predicted molar refractivity (Wildman–Crippen MR) is 133 cm³/mol. The molecule has 1 aliphatic carbocycles. The number of ether oxygens (including phenoxy) is 1. The number of amides is 2. The van der Waals surface area contributed by atoms with Crippen molar-refractivity contribution in [1.29, 1.82) is 0 Å². The molecule has 1 saturated carbocycles. The topological polar surface area (TPSA) is 91.7 Å². The third-order valence-electron chi connectivity index (χ3n) is 8.37. The normalized spacial score (nSPS) is 28.8. The van der Waals surface area contributed by atoms with Gasteiger partial charge in [0.2, 0.25) is 11.8 Å². The van der Waals surface area contributed by atoms with Crippen LogP contribution in [0, 0.1) is 0 Å². The maximum Gasteiger partial charge on any atom is 0.235 e. The predicted octanol–water partition coefficient (Wildman–Crippen LogP) is 1.52. The van der Waals surface area contributed by atoms with E-state index in [9.17, 15) is 9.59 Å². The quantitative estimate of drug-likeness (QED) is 0.627. The number of piperazine rings is 1. The van der Waals surface area contributed by atoms with Crippen molar-refractivity contribution in [3.8, 4) is 0 Å². The number of carbonyl (C=O) groups excluding carboxylic acids is 2. The van der Waals surface area contributed by atoms with Crippen LogP contribution in [0.5, 0.6) is 0 Å². The van der Waals surface area contributed by atoms with Crippen molar-refractivity contribution in [1.82, 2.24) is 25.3 Å². The fraction of sp³-hybridized carbons (Fsp3) is 0.654. The lowest BCUT2D eigenvalue weighted by Crippen LogP contribution is -2.56. The molecule has 2 aromatic rings. The van der Waals surface area contributed by atoms with Crippen LogP contribution in [0.3, 0.4) is 0 Å². The Morgan fingerprint density at radius 1 is 1.00 bits per heavy atom. The Morgan fingerprint density at radius 3 is 2.51 bits per heavy atom. The van der Waals surface area contributed by atoms with Gasteiger partial charge in [0.05, 0.1) is 29.3 Å². The van der Waals surface area contributed by atoms with Crippen molar-refractivity contribution in [2.75, 3.05) is 44.2 Å². The van der Waals surface area contributed by atoms with Gasteiger partial charge in [0.15, 0.2) is 0 Å². The van der Waals surface area contributed by atoms with Crippen LogP contribution in [-0.2, 0) is 21.4 Å². The van der Waals surface area contributed by atoms with Gasteiger partial charge in [0.25, 0.3) is 0 Å². The second-order valence-corrected chi connectivity index (χ2v) is 10.6. The Bertz CT molecular complexity index is 1100. The van der Waals surface area contributed by atoms with E-state index in [1.807, 2.05) is 11.7 Å². The first-order valence-corrected chi connectivity index (χ1v) is 13.2. The standard InChI is InChI=1S/C26H36N6O3/c1-30-23-16-17(2-3-21(23)25(29-30)22-4-5-24(33)28-26(22)34)31-10-12-32(13-11-31)18-14-20(15-18)35-19-6-8-27-9-7-19/h2-3,16,18-20,22,27H,4-15H2,1H3,(H,28,33,34)/t18-,20-,22?. The molecule has 35 heavy (non-hydrogen) atoms. The minimum atomic E-state index is -0.365. The first-order valence-electron chi connectivity index (χ1n) is 13.2. The second kappa shape index (κ2) is 9.52. The maximum absolute atomic E-state index is 12.4. The number of benzene rings is 1. The molecule has 4 heterocycles. The molecule has 2 N–H and O–H groups in total. The summed E-state index contributed by atoms with van der Waals surface area (Å²) in [5.41, 5.74) is 3.01. The summed E-state index contributed by atoms with van der Waals surface area (Å²) in [7, 11) is 1.93. The van der Waals surface area contributed by atoms with Crippen LogP contribution in [0.1, 0.15) is 50.1 Å². The molecule has 1 aromatic carbocycles. The summed E-state index contributed by atoms with van der Waals surface area (Å²) in [5.74, 6) is -0.795. The smallest absolute Gasteiger partial charge is 0.235 e. The summed E-state index contributed by atoms with van der Waals surface area (Å²) in [6.45, 7) is 6.36. The minimum Gasteiger partial charge on any atom is -0.375 e. The number of carbonyl (C=O) groups is 2. The van der Waals surface area contributed by atoms with Crippen LogP contribution in [0.2, 0.25) is 0 Å². The number of piperidine rings is 2. The molecule has 0 spiro atoms. The minimum absolute atomic E-state index is 0.195. The van der Waals surface area contributed by atoms with Crippen molar-refractivity contribution in [2.24, 2.45) is 7.05 Å². The lowest BCUT2D eigenvalue weighted by Gasteiger charge is -2.47. The van der Waals surface area contributed by atoms with Gasteiger partial charge >= 0.3 is 0 Å². The van der Waals surface area contributed by atoms with E-state index in [1.54, 1.807) is 0 Å². The van der Waals surface area contributed by atoms with Crippen LogP contribution in [0.15, 0.2) is 18.2 Å². The summed E-state index contributed by atoms with van der Waals surface area (Å²) in [6, 6.07) is 7.11. The second-order valence-electron chi connectivity index (χ2n) is 10.6. The SMILES string of the molecule is Cn1nc(C2CCC(=O)NC2=O)c2ccc(N3CCN([C@H]4C[C@H](OC5CCNCC5)C4)CC3)cc21. The van der Waals surface area contributed by atoms with Gasteiger partial charge in [-0.05, 0) is 63.4 Å². The molecule has 2 amide bonds. The number of imide groups is 1. The highest BCUT2D eigenvalue weighted by molar-refractivity contribution is 6.02. The number of aryl methyl sites for hydroxylation is 1. The van der Waals surface area contributed by atoms with Gasteiger partial charge in [-0.2, -0.15) is 5.10 Å². The lowest BCUT2D eigenvalue weighted by molar-refractivity contribution is -0.134. The third-order valence-corrected chi connectivity index (χ3v) is 8.37. The number of rotatable bonds is 5. The molecule has 9 heteroatoms. The highest BCUT2D eigenvalue weighted by atomic mass is 16.5. The molecule has 188 valence electrons. The molecule has 0 radical (unpaired) electrons. The van der Waals surface area contributed by atoms with E-state index in [0.717, 1.165) is 68.7 Å². The summed E-state index contributed by atoms with van der Waals surface area (Å²) in [6.07, 6.45) is 6.44. The van der Waals surface area contributed by atoms with Crippen molar-refractivity contribution >= 4 is 28.4 Å². The summed E-state index contributed by atoms with van der Waals surface area (Å²) < 4.78 is 8.19. The first kappa shape index (κ1) is 22.9. The van der Waals surface area contributed by atoms with E-state index in [0.29, 0.717) is 31.1 Å². The molecule has 9 nitrogen and oxygen atoms in total. The monoisotopic (exact) mass is 480 g/mol. The van der Waals surface area contributed by atoms with Crippen LogP contribution < -0.4 is 15.5 Å². The number of aromatic nitrogens is 2. The summed E-state index contributed by atoms with van der Waals surface area (Å²) in [5, 5.41) is 11.5. The number of anilines is 1. The number of hydrogen-bond acceptors (Lipinski definition) is 7. The molecule has 4 fully saturated rings. The van der Waals surface area contributed by atoms with Crippen molar-refractivity contribution in [3.05, 3.63) is 23.9 Å². The van der Waals surface area contributed by atoms with Crippen molar-refractivity contribution in [2.45, 2.75) is 62.7 Å². The molecule has 4 aliphatic rings. The molecule has 1 unspecified atom stereocenters. The highest BCUT2D eigenvalue weighted by Gasteiger charge is 2.37. The highest BCUT2D eigenvalue weighted by Crippen LogP contribution is 2.34. The van der Waals surface area contributed by atoms with E-state index in [1.165, 1.54) is 18.5 Å². The van der Waals surface area contributed by atoms with Gasteiger partial charge in [0.1, 0.15) is 0 Å². The molecule has 3 aliphatic heterocycles. The number of nitrogens with zero attached hydrogens (tertiary/aromatic N) is 4. The van der Waals surface area contributed by atoms with Crippen LogP contribution in [-0.4, -0.2) is 84.0 Å². The first-order chi connectivity index (χ1) is 17.0. The zero-order valence-corrected chi connectivity index (χ0v) is 20.5. The Balaban J connectivity index is 1.06. The van der Waals surface area contributed by atoms with E-state index in [-0.39, 0.29) is 17.7 Å². The lowest BCUT2D eigenvalue weighted by atomic mass is 9.87. The van der Waals surface area contributed by atoms with Gasteiger partial charge in [-0.3, -0.25) is 24.5 Å². The molecule has 3 saturated heterocycles. The summed E-state index contributed by atoms with van der Waals surface area (Å²) >= 11 is 0. The zero-order valence-electron chi connectivity index (χ0n) is 20.5. The average Bonchev–Trinajstić information content (AvgIpc) is 3.17. The third kappa shape index (κ3) is 4.57. The van der Waals surface area contributed by atoms with Crippen molar-refractivity contribution < 1.29 is 14.3 Å².